The monoisotopic (exact) mass is 371 g/mol. The van der Waals surface area contributed by atoms with E-state index in [-0.39, 0.29) is 0 Å². The topological polar surface area (TPSA) is 20.3 Å². The summed E-state index contributed by atoms with van der Waals surface area (Å²) in [6.45, 7) is 0. The molecule has 1 atom stereocenters. The van der Waals surface area contributed by atoms with Crippen LogP contribution in [0.4, 0.5) is 18.9 Å². The highest BCUT2D eigenvalue weighted by atomic mass is 19.4. The third-order valence-electron chi connectivity index (χ3n) is 5.83. The fourth-order valence-electron chi connectivity index (χ4n) is 4.76. The molecule has 140 valence electrons. The summed E-state index contributed by atoms with van der Waals surface area (Å²) in [5, 5.41) is 0. The van der Waals surface area contributed by atoms with E-state index in [9.17, 15) is 18.0 Å². The van der Waals surface area contributed by atoms with Gasteiger partial charge >= 0.3 is 6.18 Å². The van der Waals surface area contributed by atoms with Crippen LogP contribution in [0, 0.1) is 0 Å². The highest BCUT2D eigenvalue weighted by Crippen LogP contribution is 2.56. The number of carbonyl (C=O) groups excluding carboxylic acids is 1. The van der Waals surface area contributed by atoms with Crippen LogP contribution < -0.4 is 4.90 Å². The minimum absolute atomic E-state index is 0.583. The molecule has 5 heteroatoms. The van der Waals surface area contributed by atoms with Crippen molar-refractivity contribution in [3.63, 3.8) is 0 Å². The number of aldehydes is 1. The number of halogens is 3. The van der Waals surface area contributed by atoms with Crippen LogP contribution in [0.15, 0.2) is 59.8 Å². The van der Waals surface area contributed by atoms with Crippen molar-refractivity contribution in [2.75, 3.05) is 11.9 Å². The number of hydrogen-bond donors (Lipinski definition) is 0. The summed E-state index contributed by atoms with van der Waals surface area (Å²) in [6.07, 6.45) is -0.752. The van der Waals surface area contributed by atoms with Crippen LogP contribution in [0.25, 0.3) is 0 Å². The number of rotatable bonds is 3. The Morgan fingerprint density at radius 1 is 1.15 bits per heavy atom. The van der Waals surface area contributed by atoms with E-state index in [1.165, 1.54) is 6.07 Å². The molecule has 0 radical (unpaired) electrons. The number of fused-ring (bicyclic) bond motifs is 3. The molecule has 1 heterocycles. The average Bonchev–Trinajstić information content (AvgIpc) is 2.90. The molecule has 2 aliphatic rings. The first kappa shape index (κ1) is 17.8. The maximum atomic E-state index is 13.4. The fourth-order valence-corrected chi connectivity index (χ4v) is 4.76. The summed E-state index contributed by atoms with van der Waals surface area (Å²) in [5.41, 5.74) is 2.82. The van der Waals surface area contributed by atoms with E-state index in [4.69, 9.17) is 0 Å². The van der Waals surface area contributed by atoms with E-state index in [0.29, 0.717) is 24.0 Å². The van der Waals surface area contributed by atoms with E-state index in [1.807, 2.05) is 42.3 Å². The van der Waals surface area contributed by atoms with E-state index in [0.717, 1.165) is 42.1 Å². The van der Waals surface area contributed by atoms with Crippen molar-refractivity contribution in [1.82, 2.24) is 0 Å². The molecule has 27 heavy (non-hydrogen) atoms. The number of alkyl halides is 3. The summed E-state index contributed by atoms with van der Waals surface area (Å²) < 4.78 is 40.2. The lowest BCUT2D eigenvalue weighted by Gasteiger charge is -2.37. The molecule has 4 rings (SSSR count). The molecule has 2 nitrogen and oxygen atoms in total. The summed E-state index contributed by atoms with van der Waals surface area (Å²) in [4.78, 5) is 13.7. The number of likely N-dealkylation sites (N-methyl/N-ethyl adjacent to an activating group) is 1. The van der Waals surface area contributed by atoms with Gasteiger partial charge < -0.3 is 4.90 Å². The van der Waals surface area contributed by atoms with Gasteiger partial charge in [0.1, 0.15) is 6.29 Å². The second-order valence-electron chi connectivity index (χ2n) is 7.38. The third kappa shape index (κ3) is 2.76. The minimum Gasteiger partial charge on any atom is -0.347 e. The summed E-state index contributed by atoms with van der Waals surface area (Å²) >= 11 is 0. The molecule has 1 aliphatic heterocycles. The first-order valence-corrected chi connectivity index (χ1v) is 9.05. The zero-order valence-electron chi connectivity index (χ0n) is 15.0. The molecule has 0 bridgehead atoms. The lowest BCUT2D eigenvalue weighted by molar-refractivity contribution is -0.137. The van der Waals surface area contributed by atoms with Gasteiger partial charge in [0.25, 0.3) is 0 Å². The molecule has 2 aromatic carbocycles. The lowest BCUT2D eigenvalue weighted by atomic mass is 9.67. The standard InChI is InChI=1S/C22H20F3NO/c1-26-19-10-9-17(22(23,24)25)12-18(19)21(13-15-6-3-2-4-7-15)11-5-8-16(14-27)20(21)26/h2-4,6-7,9-10,12,14H,5,8,11,13H2,1H3. The van der Waals surface area contributed by atoms with Gasteiger partial charge in [0.15, 0.2) is 0 Å². The Labute approximate surface area is 156 Å². The first-order chi connectivity index (χ1) is 12.9. The molecule has 0 fully saturated rings. The second-order valence-corrected chi connectivity index (χ2v) is 7.38. The van der Waals surface area contributed by atoms with Crippen LogP contribution in [0.1, 0.15) is 36.0 Å². The smallest absolute Gasteiger partial charge is 0.347 e. The number of nitrogens with zero attached hydrogens (tertiary/aromatic N) is 1. The normalized spacial score (nSPS) is 21.9. The second kappa shape index (κ2) is 6.25. The predicted molar refractivity (Wildman–Crippen MR) is 98.6 cm³/mol. The number of benzene rings is 2. The predicted octanol–water partition coefficient (Wildman–Crippen LogP) is 5.27. The van der Waals surface area contributed by atoms with Crippen molar-refractivity contribution in [1.29, 1.82) is 0 Å². The maximum absolute atomic E-state index is 13.4. The van der Waals surface area contributed by atoms with Crippen LogP contribution in [0.5, 0.6) is 0 Å². The van der Waals surface area contributed by atoms with Gasteiger partial charge in [-0.3, -0.25) is 4.79 Å². The van der Waals surface area contributed by atoms with E-state index in [1.54, 1.807) is 6.07 Å². The summed E-state index contributed by atoms with van der Waals surface area (Å²) in [5.74, 6) is 0. The Kier molecular flexibility index (Phi) is 4.13. The molecule has 0 amide bonds. The van der Waals surface area contributed by atoms with Gasteiger partial charge in [0.05, 0.1) is 5.56 Å². The van der Waals surface area contributed by atoms with Crippen molar-refractivity contribution in [3.05, 3.63) is 76.5 Å². The van der Waals surface area contributed by atoms with Crippen LogP contribution in [-0.4, -0.2) is 13.3 Å². The summed E-state index contributed by atoms with van der Waals surface area (Å²) in [7, 11) is 1.85. The largest absolute Gasteiger partial charge is 0.416 e. The highest BCUT2D eigenvalue weighted by molar-refractivity contribution is 5.83. The molecular weight excluding hydrogens is 351 g/mol. The zero-order chi connectivity index (χ0) is 19.2. The molecule has 0 saturated heterocycles. The number of carbonyl (C=O) groups is 1. The van der Waals surface area contributed by atoms with Crippen molar-refractivity contribution in [2.45, 2.75) is 37.3 Å². The van der Waals surface area contributed by atoms with Gasteiger partial charge in [0, 0.05) is 29.4 Å². The minimum atomic E-state index is -4.39. The average molecular weight is 371 g/mol. The quantitative estimate of drug-likeness (QED) is 0.685. The number of allylic oxidation sites excluding steroid dienone is 2. The van der Waals surface area contributed by atoms with Gasteiger partial charge in [-0.05, 0) is 55.0 Å². The van der Waals surface area contributed by atoms with Crippen LogP contribution in [-0.2, 0) is 22.8 Å². The zero-order valence-corrected chi connectivity index (χ0v) is 15.0. The molecular formula is C22H20F3NO. The van der Waals surface area contributed by atoms with Gasteiger partial charge in [-0.1, -0.05) is 30.3 Å². The summed E-state index contributed by atoms with van der Waals surface area (Å²) in [6, 6.07) is 13.7. The van der Waals surface area contributed by atoms with Gasteiger partial charge in [-0.2, -0.15) is 13.2 Å². The van der Waals surface area contributed by atoms with E-state index < -0.39 is 17.2 Å². The Morgan fingerprint density at radius 3 is 2.56 bits per heavy atom. The molecule has 0 saturated carbocycles. The number of hydrogen-bond acceptors (Lipinski definition) is 2. The van der Waals surface area contributed by atoms with Crippen molar-refractivity contribution in [2.24, 2.45) is 0 Å². The van der Waals surface area contributed by atoms with Gasteiger partial charge in [0.2, 0.25) is 0 Å². The Balaban J connectivity index is 1.96. The van der Waals surface area contributed by atoms with Crippen molar-refractivity contribution >= 4 is 12.0 Å². The molecule has 0 spiro atoms. The first-order valence-electron chi connectivity index (χ1n) is 9.05. The van der Waals surface area contributed by atoms with Crippen LogP contribution in [0.3, 0.4) is 0 Å². The van der Waals surface area contributed by atoms with Crippen LogP contribution in [0.2, 0.25) is 0 Å². The van der Waals surface area contributed by atoms with E-state index >= 15 is 0 Å². The maximum Gasteiger partial charge on any atom is 0.416 e. The van der Waals surface area contributed by atoms with Crippen molar-refractivity contribution < 1.29 is 18.0 Å². The Morgan fingerprint density at radius 2 is 1.89 bits per heavy atom. The van der Waals surface area contributed by atoms with Crippen molar-refractivity contribution in [3.8, 4) is 0 Å². The molecule has 0 aromatic heterocycles. The van der Waals surface area contributed by atoms with Gasteiger partial charge in [-0.25, -0.2) is 0 Å². The lowest BCUT2D eigenvalue weighted by Crippen LogP contribution is -2.36. The Hall–Kier alpha value is -2.56. The fraction of sp³-hybridized carbons (Fsp3) is 0.318. The molecule has 2 aromatic rings. The SMILES string of the molecule is CN1C2=C(C=O)CCCC2(Cc2ccccc2)c2cc(C(F)(F)F)ccc21. The molecule has 1 unspecified atom stereocenters. The number of anilines is 1. The third-order valence-corrected chi connectivity index (χ3v) is 5.83. The molecule has 1 aliphatic carbocycles. The highest BCUT2D eigenvalue weighted by Gasteiger charge is 2.49. The van der Waals surface area contributed by atoms with E-state index in [2.05, 4.69) is 0 Å². The molecule has 0 N–H and O–H groups in total. The van der Waals surface area contributed by atoms with Gasteiger partial charge in [-0.15, -0.1) is 0 Å². The van der Waals surface area contributed by atoms with Crippen LogP contribution >= 0.6 is 0 Å². The Bertz CT molecular complexity index is 917.